The van der Waals surface area contributed by atoms with Crippen LogP contribution in [0.5, 0.6) is 0 Å². The molecule has 1 fully saturated rings. The average Bonchev–Trinajstić information content (AvgIpc) is 2.90. The molecule has 142 valence electrons. The lowest BCUT2D eigenvalue weighted by molar-refractivity contribution is -0.0383. The number of hydrogen-bond donors (Lipinski definition) is 1. The molecule has 1 saturated carbocycles. The molecule has 2 heterocycles. The smallest absolute Gasteiger partial charge is 0.408 e. The Hall–Kier alpha value is -2.18. The van der Waals surface area contributed by atoms with E-state index in [0.29, 0.717) is 18.7 Å². The molecule has 0 atom stereocenters. The number of alkyl carbamates (subject to hydrolysis) is 1. The first-order chi connectivity index (χ1) is 12.1. The number of ether oxygens (including phenoxy) is 1. The predicted octanol–water partition coefficient (Wildman–Crippen LogP) is 4.65. The number of alkyl halides is 2. The summed E-state index contributed by atoms with van der Waals surface area (Å²) < 4.78 is 34.1. The molecule has 2 aromatic heterocycles. The SMILES string of the molecule is CC(C)(C)OC(=O)NCc1nc(C2CCC(F)(F)CC2)c2ccccn12. The number of aromatic nitrogens is 2. The average molecular weight is 365 g/mol. The molecule has 0 aliphatic heterocycles. The number of rotatable bonds is 3. The highest BCUT2D eigenvalue weighted by atomic mass is 19.3. The number of fused-ring (bicyclic) bond motifs is 1. The lowest BCUT2D eigenvalue weighted by atomic mass is 9.84. The molecule has 26 heavy (non-hydrogen) atoms. The maximum atomic E-state index is 13.5. The Morgan fingerprint density at radius 1 is 1.35 bits per heavy atom. The van der Waals surface area contributed by atoms with Gasteiger partial charge in [-0.25, -0.2) is 18.6 Å². The van der Waals surface area contributed by atoms with Gasteiger partial charge in [0.25, 0.3) is 0 Å². The van der Waals surface area contributed by atoms with Gasteiger partial charge in [0.05, 0.1) is 17.8 Å². The van der Waals surface area contributed by atoms with Gasteiger partial charge >= 0.3 is 6.09 Å². The van der Waals surface area contributed by atoms with Crippen LogP contribution in [0.2, 0.25) is 0 Å². The van der Waals surface area contributed by atoms with Crippen molar-refractivity contribution in [2.45, 2.75) is 70.4 Å². The molecule has 1 aliphatic carbocycles. The molecule has 1 N–H and O–H groups in total. The second-order valence-electron chi connectivity index (χ2n) is 7.85. The van der Waals surface area contributed by atoms with Crippen LogP contribution in [-0.4, -0.2) is 27.0 Å². The van der Waals surface area contributed by atoms with Crippen molar-refractivity contribution in [1.82, 2.24) is 14.7 Å². The van der Waals surface area contributed by atoms with Gasteiger partial charge < -0.3 is 14.5 Å². The van der Waals surface area contributed by atoms with E-state index in [1.54, 1.807) is 20.8 Å². The number of hydrogen-bond acceptors (Lipinski definition) is 3. The second-order valence-corrected chi connectivity index (χ2v) is 7.85. The highest BCUT2D eigenvalue weighted by Gasteiger charge is 2.36. The van der Waals surface area contributed by atoms with Crippen molar-refractivity contribution in [3.63, 3.8) is 0 Å². The number of pyridine rings is 1. The van der Waals surface area contributed by atoms with Crippen LogP contribution in [-0.2, 0) is 11.3 Å². The molecule has 0 spiro atoms. The Bertz CT molecular complexity index is 786. The van der Waals surface area contributed by atoms with Gasteiger partial charge in [-0.2, -0.15) is 0 Å². The van der Waals surface area contributed by atoms with Gasteiger partial charge in [-0.15, -0.1) is 0 Å². The van der Waals surface area contributed by atoms with E-state index in [2.05, 4.69) is 10.3 Å². The molecule has 1 aliphatic rings. The monoisotopic (exact) mass is 365 g/mol. The van der Waals surface area contributed by atoms with E-state index in [-0.39, 0.29) is 25.3 Å². The standard InChI is InChI=1S/C19H25F2N3O2/c1-18(2,3)26-17(25)22-12-15-23-16(14-6-4-5-11-24(14)15)13-7-9-19(20,21)10-8-13/h4-6,11,13H,7-10,12H2,1-3H3,(H,22,25). The summed E-state index contributed by atoms with van der Waals surface area (Å²) in [5.74, 6) is -1.88. The highest BCUT2D eigenvalue weighted by molar-refractivity contribution is 5.67. The van der Waals surface area contributed by atoms with Crippen molar-refractivity contribution in [3.8, 4) is 0 Å². The summed E-state index contributed by atoms with van der Waals surface area (Å²) in [6, 6.07) is 5.72. The van der Waals surface area contributed by atoms with Crippen LogP contribution in [0, 0.1) is 0 Å². The first-order valence-electron chi connectivity index (χ1n) is 8.95. The fourth-order valence-electron chi connectivity index (χ4n) is 3.33. The van der Waals surface area contributed by atoms with Gasteiger partial charge in [-0.05, 0) is 45.7 Å². The Morgan fingerprint density at radius 2 is 2.04 bits per heavy atom. The van der Waals surface area contributed by atoms with E-state index < -0.39 is 17.6 Å². The molecule has 0 unspecified atom stereocenters. The Morgan fingerprint density at radius 3 is 2.69 bits per heavy atom. The fourth-order valence-corrected chi connectivity index (χ4v) is 3.33. The third-order valence-corrected chi connectivity index (χ3v) is 4.54. The van der Waals surface area contributed by atoms with Gasteiger partial charge in [-0.3, -0.25) is 0 Å². The van der Waals surface area contributed by atoms with Gasteiger partial charge in [0, 0.05) is 25.0 Å². The quantitative estimate of drug-likeness (QED) is 0.861. The summed E-state index contributed by atoms with van der Waals surface area (Å²) in [4.78, 5) is 16.6. The van der Waals surface area contributed by atoms with Crippen LogP contribution >= 0.6 is 0 Å². The topological polar surface area (TPSA) is 55.6 Å². The van der Waals surface area contributed by atoms with Crippen molar-refractivity contribution in [3.05, 3.63) is 35.9 Å². The fraction of sp³-hybridized carbons (Fsp3) is 0.579. The maximum Gasteiger partial charge on any atom is 0.408 e. The largest absolute Gasteiger partial charge is 0.444 e. The number of nitrogens with zero attached hydrogens (tertiary/aromatic N) is 2. The number of carbonyl (C=O) groups excluding carboxylic acids is 1. The third-order valence-electron chi connectivity index (χ3n) is 4.54. The van der Waals surface area contributed by atoms with Crippen LogP contribution in [0.25, 0.3) is 5.52 Å². The van der Waals surface area contributed by atoms with E-state index in [4.69, 9.17) is 4.74 Å². The molecule has 0 bridgehead atoms. The minimum absolute atomic E-state index is 0.0160. The summed E-state index contributed by atoms with van der Waals surface area (Å²) in [6.45, 7) is 5.61. The van der Waals surface area contributed by atoms with Crippen molar-refractivity contribution in [2.24, 2.45) is 0 Å². The van der Waals surface area contributed by atoms with Gasteiger partial charge in [0.15, 0.2) is 0 Å². The van der Waals surface area contributed by atoms with E-state index in [0.717, 1.165) is 11.2 Å². The molecule has 0 saturated heterocycles. The summed E-state index contributed by atoms with van der Waals surface area (Å²) in [6.07, 6.45) is 2.00. The van der Waals surface area contributed by atoms with Gasteiger partial charge in [0.1, 0.15) is 11.4 Å². The number of halogens is 2. The van der Waals surface area contributed by atoms with E-state index in [9.17, 15) is 13.6 Å². The normalized spacial score (nSPS) is 18.0. The van der Waals surface area contributed by atoms with Crippen molar-refractivity contribution in [1.29, 1.82) is 0 Å². The van der Waals surface area contributed by atoms with Crippen LogP contribution in [0.15, 0.2) is 24.4 Å². The second kappa shape index (κ2) is 6.85. The minimum Gasteiger partial charge on any atom is -0.444 e. The summed E-state index contributed by atoms with van der Waals surface area (Å²) in [7, 11) is 0. The number of imidazole rings is 1. The Kier molecular flexibility index (Phi) is 4.90. The first-order valence-corrected chi connectivity index (χ1v) is 8.95. The molecule has 0 aromatic carbocycles. The summed E-state index contributed by atoms with van der Waals surface area (Å²) in [5.41, 5.74) is 1.17. The van der Waals surface area contributed by atoms with Crippen LogP contribution in [0.4, 0.5) is 13.6 Å². The van der Waals surface area contributed by atoms with Gasteiger partial charge in [0.2, 0.25) is 5.92 Å². The minimum atomic E-state index is -2.56. The zero-order valence-electron chi connectivity index (χ0n) is 15.4. The Labute approximate surface area is 151 Å². The number of carbonyl (C=O) groups is 1. The van der Waals surface area contributed by atoms with E-state index >= 15 is 0 Å². The number of nitrogens with one attached hydrogen (secondary N) is 1. The van der Waals surface area contributed by atoms with Gasteiger partial charge in [-0.1, -0.05) is 6.07 Å². The van der Waals surface area contributed by atoms with Crippen molar-refractivity contribution in [2.75, 3.05) is 0 Å². The number of amides is 1. The van der Waals surface area contributed by atoms with Crippen molar-refractivity contribution >= 4 is 11.6 Å². The molecular weight excluding hydrogens is 340 g/mol. The summed E-state index contributed by atoms with van der Waals surface area (Å²) >= 11 is 0. The van der Waals surface area contributed by atoms with E-state index in [1.807, 2.05) is 28.8 Å². The van der Waals surface area contributed by atoms with Crippen LogP contribution in [0.1, 0.15) is 63.9 Å². The molecular formula is C19H25F2N3O2. The Balaban J connectivity index is 1.78. The zero-order valence-corrected chi connectivity index (χ0v) is 15.4. The maximum absolute atomic E-state index is 13.5. The lowest BCUT2D eigenvalue weighted by Crippen LogP contribution is -2.32. The molecule has 5 nitrogen and oxygen atoms in total. The molecule has 1 amide bonds. The molecule has 3 rings (SSSR count). The van der Waals surface area contributed by atoms with E-state index in [1.165, 1.54) is 0 Å². The van der Waals surface area contributed by atoms with Crippen molar-refractivity contribution < 1.29 is 18.3 Å². The lowest BCUT2D eigenvalue weighted by Gasteiger charge is -2.27. The molecule has 0 radical (unpaired) electrons. The molecule has 7 heteroatoms. The highest BCUT2D eigenvalue weighted by Crippen LogP contribution is 2.41. The first kappa shape index (κ1) is 18.6. The summed E-state index contributed by atoms with van der Waals surface area (Å²) in [5, 5.41) is 2.71. The van der Waals surface area contributed by atoms with Crippen LogP contribution in [0.3, 0.4) is 0 Å². The third kappa shape index (κ3) is 4.31. The molecule has 2 aromatic rings. The predicted molar refractivity (Wildman–Crippen MR) is 94.4 cm³/mol. The zero-order chi connectivity index (χ0) is 18.9. The van der Waals surface area contributed by atoms with Crippen LogP contribution < -0.4 is 5.32 Å².